The molecular weight excluding hydrogens is 727 g/mol. The molecule has 0 spiro atoms. The number of halogens is 1. The molecule has 1 N–H and O–H groups in total. The van der Waals surface area contributed by atoms with Gasteiger partial charge in [-0.2, -0.15) is 0 Å². The molecule has 16 nitrogen and oxygen atoms in total. The summed E-state index contributed by atoms with van der Waals surface area (Å²) in [6, 6.07) is -0.278. The Labute approximate surface area is 172 Å². The largest absolute Gasteiger partial charge is 6.00 e. The van der Waals surface area contributed by atoms with E-state index in [4.69, 9.17) is 5.11 Å². The Balaban J connectivity index is -0.0000000727. The molecule has 0 amide bonds. The van der Waals surface area contributed by atoms with E-state index in [-0.39, 0.29) is 37.2 Å². The third-order valence-corrected chi connectivity index (χ3v) is 4.50. The molecule has 0 heterocycles. The van der Waals surface area contributed by atoms with Gasteiger partial charge in [0.15, 0.2) is 0 Å². The average Bonchev–Trinajstić information content (AvgIpc) is 2.24. The van der Waals surface area contributed by atoms with Crippen LogP contribution in [0.15, 0.2) is 0 Å². The molecular formula is CH9ClO16P6U. The van der Waals surface area contributed by atoms with Gasteiger partial charge in [0.05, 0.1) is 0 Å². The zero-order valence-electron chi connectivity index (χ0n) is 11.2. The number of alkyl halides is 1. The molecule has 0 aromatic carbocycles. The van der Waals surface area contributed by atoms with Crippen molar-refractivity contribution in [2.24, 2.45) is 0 Å². The van der Waals surface area contributed by atoms with Crippen molar-refractivity contribution in [1.29, 1.82) is 0 Å². The molecule has 0 rings (SSSR count). The summed E-state index contributed by atoms with van der Waals surface area (Å²) >= 11 is 4.55. The summed E-state index contributed by atoms with van der Waals surface area (Å²) < 4.78 is 65.4. The molecule has 24 heteroatoms. The maximum absolute atomic E-state index is 9.29. The normalized spacial score (nSPS) is 16.3. The number of aliphatic hydroxyl groups is 1. The molecule has 0 aromatic heterocycles. The van der Waals surface area contributed by atoms with Crippen molar-refractivity contribution in [3.8, 4) is 0 Å². The first kappa shape index (κ1) is 38.0. The maximum atomic E-state index is 9.29. The second kappa shape index (κ2) is 28.5. The van der Waals surface area contributed by atoms with Crippen LogP contribution >= 0.6 is 61.1 Å². The second-order valence-corrected chi connectivity index (χ2v) is 7.61. The van der Waals surface area contributed by atoms with Gasteiger partial charge in [0.1, 0.15) is 55.6 Å². The van der Waals surface area contributed by atoms with Gasteiger partial charge in [-0.05, 0) is 0 Å². The Morgan fingerprint density at radius 1 is 0.600 bits per heavy atom. The molecule has 0 aliphatic heterocycles. The molecule has 0 radical (unpaired) electrons. The zero-order chi connectivity index (χ0) is 20.3. The van der Waals surface area contributed by atoms with Gasteiger partial charge in [0.25, 0.3) is 0 Å². The van der Waals surface area contributed by atoms with E-state index < -0.39 is 49.5 Å². The summed E-state index contributed by atoms with van der Waals surface area (Å²) in [6.07, 6.45) is 0. The monoisotopic (exact) mass is 736 g/mol. The minimum atomic E-state index is -3.51. The molecule has 0 aliphatic rings. The van der Waals surface area contributed by atoms with E-state index in [2.05, 4.69) is 24.5 Å². The van der Waals surface area contributed by atoms with Crippen molar-refractivity contribution < 1.29 is 106 Å². The van der Waals surface area contributed by atoms with E-state index in [0.29, 0.717) is 0 Å². The fourth-order valence-electron chi connectivity index (χ4n) is 0.204. The number of aliphatic hydroxyl groups excluding tert-OH is 1. The molecule has 0 fully saturated rings. The molecule has 0 aliphatic carbocycles. The van der Waals surface area contributed by atoms with Gasteiger partial charge in [-0.1, -0.05) is 11.6 Å². The molecule has 6 unspecified atom stereocenters. The first-order valence-corrected chi connectivity index (χ1v) is 12.1. The Morgan fingerprint density at radius 3 is 0.680 bits per heavy atom. The SMILES string of the molecule is O=[PH]([O-])O[PH](=O)[O-].O=[PH]([O-])O[PH](=O)[O-].O=[PH]([O-])O[PH](=O)[O-].OCCl.[U+6]. The van der Waals surface area contributed by atoms with Gasteiger partial charge < -0.3 is 61.9 Å². The van der Waals surface area contributed by atoms with Crippen LogP contribution in [0.1, 0.15) is 0 Å². The third-order valence-electron chi connectivity index (χ3n) is 0.500. The Hall–Kier alpha value is 2.32. The number of hydrogen-bond donors (Lipinski definition) is 1. The molecule has 0 saturated carbocycles. The summed E-state index contributed by atoms with van der Waals surface area (Å²) in [5.41, 5.74) is 0. The van der Waals surface area contributed by atoms with Crippen LogP contribution in [-0.4, -0.2) is 11.2 Å². The molecule has 25 heavy (non-hydrogen) atoms. The van der Waals surface area contributed by atoms with Crippen LogP contribution in [0.2, 0.25) is 0 Å². The molecule has 0 saturated heterocycles. The quantitative estimate of drug-likeness (QED) is 0.199. The van der Waals surface area contributed by atoms with E-state index >= 15 is 0 Å². The van der Waals surface area contributed by atoms with E-state index in [1.807, 2.05) is 0 Å². The topological polar surface area (TPSA) is 289 Å². The third kappa shape index (κ3) is 75.9. The van der Waals surface area contributed by atoms with Crippen LogP contribution < -0.4 is 29.4 Å². The average molecular weight is 736 g/mol. The van der Waals surface area contributed by atoms with Crippen LogP contribution in [0.4, 0.5) is 0 Å². The van der Waals surface area contributed by atoms with Crippen molar-refractivity contribution in [3.63, 3.8) is 0 Å². The van der Waals surface area contributed by atoms with Gasteiger partial charge in [0.2, 0.25) is 0 Å². The van der Waals surface area contributed by atoms with Crippen molar-refractivity contribution in [1.82, 2.24) is 0 Å². The first-order chi connectivity index (χ1) is 10.8. The van der Waals surface area contributed by atoms with E-state index in [1.165, 1.54) is 0 Å². The summed E-state index contributed by atoms with van der Waals surface area (Å²) in [6.45, 7) is 0. The van der Waals surface area contributed by atoms with Crippen molar-refractivity contribution in [2.75, 3.05) is 6.07 Å². The van der Waals surface area contributed by atoms with Crippen molar-refractivity contribution >= 4 is 61.1 Å². The van der Waals surface area contributed by atoms with Crippen LogP contribution in [-0.2, 0) is 40.3 Å². The van der Waals surface area contributed by atoms with Gasteiger partial charge in [-0.3, -0.25) is 12.9 Å². The number of rotatable bonds is 6. The smallest absolute Gasteiger partial charge is 0.781 e. The van der Waals surface area contributed by atoms with E-state index in [1.54, 1.807) is 0 Å². The van der Waals surface area contributed by atoms with Gasteiger partial charge in [-0.15, -0.1) is 0 Å². The summed E-state index contributed by atoms with van der Waals surface area (Å²) in [5.74, 6) is 0. The van der Waals surface area contributed by atoms with E-state index in [9.17, 15) is 56.8 Å². The summed E-state index contributed by atoms with van der Waals surface area (Å²) in [7, 11) is -21.1. The van der Waals surface area contributed by atoms with Crippen molar-refractivity contribution in [3.05, 3.63) is 0 Å². The van der Waals surface area contributed by atoms with Crippen molar-refractivity contribution in [2.45, 2.75) is 0 Å². The molecule has 150 valence electrons. The number of hydrogen-bond acceptors (Lipinski definition) is 16. The van der Waals surface area contributed by atoms with Crippen LogP contribution in [0.3, 0.4) is 0 Å². The predicted octanol–water partition coefficient (Wildman–Crippen LogP) is -4.32. The minimum Gasteiger partial charge on any atom is -0.781 e. The van der Waals surface area contributed by atoms with Crippen LogP contribution in [0, 0.1) is 31.1 Å². The maximum Gasteiger partial charge on any atom is 6.00 e. The predicted molar refractivity (Wildman–Crippen MR) is 70.2 cm³/mol. The van der Waals surface area contributed by atoms with Gasteiger partial charge in [-0.25, -0.2) is 0 Å². The van der Waals surface area contributed by atoms with Crippen LogP contribution in [0.5, 0.6) is 0 Å². The standard InChI is InChI=1S/CH3ClO.3H4O5P2.U/c2-1-3;3*1-6(2)5-7(3)4;/h3H,1H2;3*6-7H,(H,1,2)(H,3,4);/q;;;;+6/p-6. The Kier molecular flexibility index (Phi) is 43.4. The minimum absolute atomic E-state index is 0. The van der Waals surface area contributed by atoms with Gasteiger partial charge in [0, 0.05) is 0 Å². The summed E-state index contributed by atoms with van der Waals surface area (Å²) in [5, 5.41) is 7.33. The fourth-order valence-corrected chi connectivity index (χ4v) is 1.84. The molecule has 6 atom stereocenters. The molecule has 0 aromatic rings. The van der Waals surface area contributed by atoms with E-state index in [0.717, 1.165) is 0 Å². The zero-order valence-corrected chi connectivity index (χ0v) is 22.1. The Morgan fingerprint density at radius 2 is 0.680 bits per heavy atom. The molecule has 0 bridgehead atoms. The summed E-state index contributed by atoms with van der Waals surface area (Å²) in [4.78, 5) is 55.7. The Bertz CT molecular complexity index is 341. The van der Waals surface area contributed by atoms with Gasteiger partial charge >= 0.3 is 31.1 Å². The van der Waals surface area contributed by atoms with Crippen LogP contribution in [0.25, 0.3) is 0 Å². The second-order valence-electron chi connectivity index (χ2n) is 1.93. The fraction of sp³-hybridized carbons (Fsp3) is 1.00. The first-order valence-electron chi connectivity index (χ1n) is 4.26.